The van der Waals surface area contributed by atoms with Gasteiger partial charge in [-0.2, -0.15) is 0 Å². The molecule has 1 unspecified atom stereocenters. The first kappa shape index (κ1) is 9.63. The molecule has 3 N–H and O–H groups in total. The maximum absolute atomic E-state index is 9.24. The van der Waals surface area contributed by atoms with Gasteiger partial charge in [0.25, 0.3) is 0 Å². The van der Waals surface area contributed by atoms with Gasteiger partial charge in [-0.3, -0.25) is 0 Å². The molecule has 0 aliphatic carbocycles. The minimum Gasteiger partial charge on any atom is -0.389 e. The average molecular weight is 191 g/mol. The molecule has 68 valence electrons. The number of azide groups is 1. The summed E-state index contributed by atoms with van der Waals surface area (Å²) in [5.74, 6) is 0.266. The van der Waals surface area contributed by atoms with Gasteiger partial charge in [0.1, 0.15) is 17.6 Å². The van der Waals surface area contributed by atoms with Gasteiger partial charge in [0, 0.05) is 10.7 Å². The standard InChI is InChI=1S/C5H9N3O3S/c6-8-7-5-4(11)3(10)2(9)1-12-5/h2-5,9-11H,1H2/t2-,3+,4-,5?/m1/s1. The Kier molecular flexibility index (Phi) is 3.19. The van der Waals surface area contributed by atoms with Crippen LogP contribution in [0.5, 0.6) is 0 Å². The zero-order chi connectivity index (χ0) is 9.14. The van der Waals surface area contributed by atoms with Gasteiger partial charge in [0.2, 0.25) is 0 Å². The molecule has 1 aliphatic rings. The summed E-state index contributed by atoms with van der Waals surface area (Å²) in [6.45, 7) is 0. The van der Waals surface area contributed by atoms with Crippen LogP contribution in [-0.4, -0.2) is 44.8 Å². The van der Waals surface area contributed by atoms with Gasteiger partial charge in [-0.1, -0.05) is 5.11 Å². The van der Waals surface area contributed by atoms with Crippen molar-refractivity contribution >= 4 is 11.8 Å². The molecule has 0 saturated carbocycles. The van der Waals surface area contributed by atoms with Crippen molar-refractivity contribution in [3.63, 3.8) is 0 Å². The van der Waals surface area contributed by atoms with Crippen molar-refractivity contribution in [1.82, 2.24) is 0 Å². The molecule has 0 aromatic heterocycles. The van der Waals surface area contributed by atoms with E-state index in [-0.39, 0.29) is 5.75 Å². The second-order valence-corrected chi connectivity index (χ2v) is 3.63. The highest BCUT2D eigenvalue weighted by atomic mass is 32.2. The predicted molar refractivity (Wildman–Crippen MR) is 43.4 cm³/mol. The van der Waals surface area contributed by atoms with Crippen LogP contribution in [0.15, 0.2) is 5.11 Å². The van der Waals surface area contributed by atoms with Crippen molar-refractivity contribution in [1.29, 1.82) is 0 Å². The van der Waals surface area contributed by atoms with Crippen LogP contribution in [0.1, 0.15) is 0 Å². The zero-order valence-electron chi connectivity index (χ0n) is 6.11. The smallest absolute Gasteiger partial charge is 0.112 e. The van der Waals surface area contributed by atoms with Gasteiger partial charge in [0.15, 0.2) is 0 Å². The van der Waals surface area contributed by atoms with E-state index in [9.17, 15) is 5.11 Å². The van der Waals surface area contributed by atoms with Crippen molar-refractivity contribution in [3.8, 4) is 0 Å². The Morgan fingerprint density at radius 2 is 2.00 bits per heavy atom. The lowest BCUT2D eigenvalue weighted by Crippen LogP contribution is -2.48. The van der Waals surface area contributed by atoms with E-state index >= 15 is 0 Å². The maximum atomic E-state index is 9.24. The Labute approximate surface area is 72.8 Å². The summed E-state index contributed by atoms with van der Waals surface area (Å²) in [7, 11) is 0. The number of hydrogen-bond donors (Lipinski definition) is 3. The van der Waals surface area contributed by atoms with E-state index in [4.69, 9.17) is 15.7 Å². The molecule has 0 spiro atoms. The fourth-order valence-corrected chi connectivity index (χ4v) is 2.00. The lowest BCUT2D eigenvalue weighted by atomic mass is 10.1. The quantitative estimate of drug-likeness (QED) is 0.293. The molecule has 1 heterocycles. The lowest BCUT2D eigenvalue weighted by molar-refractivity contribution is -0.0544. The van der Waals surface area contributed by atoms with E-state index in [0.717, 1.165) is 11.8 Å². The van der Waals surface area contributed by atoms with Gasteiger partial charge in [-0.15, -0.1) is 11.8 Å². The third-order valence-corrected chi connectivity index (χ3v) is 2.89. The molecule has 0 aromatic carbocycles. The third-order valence-electron chi connectivity index (χ3n) is 1.64. The minimum atomic E-state index is -1.22. The molecule has 7 heteroatoms. The molecule has 1 aliphatic heterocycles. The molecule has 1 rings (SSSR count). The van der Waals surface area contributed by atoms with Gasteiger partial charge in [0.05, 0.1) is 6.10 Å². The Hall–Kier alpha value is -0.460. The average Bonchev–Trinajstić information content (AvgIpc) is 2.07. The monoisotopic (exact) mass is 191 g/mol. The van der Waals surface area contributed by atoms with Crippen molar-refractivity contribution in [2.45, 2.75) is 23.7 Å². The van der Waals surface area contributed by atoms with Crippen LogP contribution in [0.3, 0.4) is 0 Å². The van der Waals surface area contributed by atoms with Gasteiger partial charge >= 0.3 is 0 Å². The number of thioether (sulfide) groups is 1. The molecular weight excluding hydrogens is 182 g/mol. The van der Waals surface area contributed by atoms with Crippen molar-refractivity contribution < 1.29 is 15.3 Å². The summed E-state index contributed by atoms with van der Waals surface area (Å²) >= 11 is 1.13. The Morgan fingerprint density at radius 3 is 2.58 bits per heavy atom. The summed E-state index contributed by atoms with van der Waals surface area (Å²) in [4.78, 5) is 2.52. The molecule has 12 heavy (non-hydrogen) atoms. The molecule has 4 atom stereocenters. The van der Waals surface area contributed by atoms with E-state index in [2.05, 4.69) is 10.0 Å². The molecule has 0 bridgehead atoms. The fraction of sp³-hybridized carbons (Fsp3) is 1.00. The first-order valence-corrected chi connectivity index (χ1v) is 4.41. The van der Waals surface area contributed by atoms with E-state index in [1.54, 1.807) is 0 Å². The summed E-state index contributed by atoms with van der Waals surface area (Å²) in [5.41, 5.74) is 8.08. The Morgan fingerprint density at radius 1 is 1.33 bits per heavy atom. The SMILES string of the molecule is [N-]=[N+]=NC1SC[C@@H](O)[C@H](O)[C@H]1O. The second kappa shape index (κ2) is 3.97. The number of hydrogen-bond acceptors (Lipinski definition) is 5. The van der Waals surface area contributed by atoms with Crippen LogP contribution < -0.4 is 0 Å². The number of aliphatic hydroxyl groups is 3. The molecule has 1 saturated heterocycles. The van der Waals surface area contributed by atoms with Crippen LogP contribution >= 0.6 is 11.8 Å². The van der Waals surface area contributed by atoms with Crippen LogP contribution in [0.4, 0.5) is 0 Å². The molecule has 6 nitrogen and oxygen atoms in total. The van der Waals surface area contributed by atoms with Crippen LogP contribution in [0.2, 0.25) is 0 Å². The van der Waals surface area contributed by atoms with E-state index in [1.807, 2.05) is 0 Å². The maximum Gasteiger partial charge on any atom is 0.112 e. The van der Waals surface area contributed by atoms with Gasteiger partial charge in [-0.05, 0) is 5.53 Å². The normalized spacial score (nSPS) is 41.9. The Bertz CT molecular complexity index is 208. The Balaban J connectivity index is 2.64. The highest BCUT2D eigenvalue weighted by molar-refractivity contribution is 8.00. The van der Waals surface area contributed by atoms with Crippen molar-refractivity contribution in [3.05, 3.63) is 10.4 Å². The molecule has 0 amide bonds. The number of nitrogens with zero attached hydrogens (tertiary/aromatic N) is 3. The highest BCUT2D eigenvalue weighted by Gasteiger charge is 2.36. The number of rotatable bonds is 1. The van der Waals surface area contributed by atoms with Gasteiger partial charge in [-0.25, -0.2) is 0 Å². The summed E-state index contributed by atoms with van der Waals surface area (Å²) in [6.07, 6.45) is -3.36. The molecule has 1 fully saturated rings. The third kappa shape index (κ3) is 1.82. The van der Waals surface area contributed by atoms with Gasteiger partial charge < -0.3 is 15.3 Å². The summed E-state index contributed by atoms with van der Waals surface area (Å²) in [5, 5.41) is 30.0. The predicted octanol–water partition coefficient (Wildman–Crippen LogP) is -0.548. The zero-order valence-corrected chi connectivity index (χ0v) is 6.92. The second-order valence-electron chi connectivity index (χ2n) is 2.48. The van der Waals surface area contributed by atoms with Crippen molar-refractivity contribution in [2.24, 2.45) is 5.11 Å². The van der Waals surface area contributed by atoms with Crippen LogP contribution in [-0.2, 0) is 0 Å². The van der Waals surface area contributed by atoms with Crippen molar-refractivity contribution in [2.75, 3.05) is 5.75 Å². The largest absolute Gasteiger partial charge is 0.389 e. The highest BCUT2D eigenvalue weighted by Crippen LogP contribution is 2.27. The number of aliphatic hydroxyl groups excluding tert-OH is 3. The first-order chi connectivity index (χ1) is 5.66. The van der Waals surface area contributed by atoms with E-state index in [0.29, 0.717) is 0 Å². The molecule has 0 aromatic rings. The first-order valence-electron chi connectivity index (χ1n) is 3.37. The van der Waals surface area contributed by atoms with E-state index < -0.39 is 23.7 Å². The lowest BCUT2D eigenvalue weighted by Gasteiger charge is -2.31. The minimum absolute atomic E-state index is 0.266. The summed E-state index contributed by atoms with van der Waals surface area (Å²) < 4.78 is 0. The topological polar surface area (TPSA) is 109 Å². The van der Waals surface area contributed by atoms with Crippen LogP contribution in [0.25, 0.3) is 10.4 Å². The van der Waals surface area contributed by atoms with Crippen LogP contribution in [0, 0.1) is 0 Å². The fourth-order valence-electron chi connectivity index (χ4n) is 0.943. The molecule has 0 radical (unpaired) electrons. The summed E-state index contributed by atoms with van der Waals surface area (Å²) in [6, 6.07) is 0. The molecular formula is C5H9N3O3S. The van der Waals surface area contributed by atoms with E-state index in [1.165, 1.54) is 0 Å².